The molecule has 0 aliphatic carbocycles. The Morgan fingerprint density at radius 1 is 1.21 bits per heavy atom. The first kappa shape index (κ1) is 13.6. The summed E-state index contributed by atoms with van der Waals surface area (Å²) in [6.07, 6.45) is -1.75. The van der Waals surface area contributed by atoms with Gasteiger partial charge in [0.1, 0.15) is 6.26 Å². The number of oxazole rings is 1. The standard InChI is InChI=1S/C13H13F3N2O/c14-13(15,16)11-6-2-1-5-10(11)12-18-9(8-19-12)4-3-7-17/h1-2,5-6,8H,3-4,7,17H2. The van der Waals surface area contributed by atoms with Crippen LogP contribution >= 0.6 is 0 Å². The fourth-order valence-corrected chi connectivity index (χ4v) is 1.75. The number of nitrogens with two attached hydrogens (primary N) is 1. The Morgan fingerprint density at radius 3 is 2.63 bits per heavy atom. The normalized spacial score (nSPS) is 11.8. The molecular weight excluding hydrogens is 257 g/mol. The summed E-state index contributed by atoms with van der Waals surface area (Å²) in [6, 6.07) is 5.22. The molecule has 0 fully saturated rings. The highest BCUT2D eigenvalue weighted by molar-refractivity contribution is 5.59. The van der Waals surface area contributed by atoms with E-state index in [9.17, 15) is 13.2 Å². The molecule has 1 aromatic heterocycles. The molecule has 0 amide bonds. The minimum atomic E-state index is -4.43. The average molecular weight is 270 g/mol. The molecule has 0 aliphatic heterocycles. The van der Waals surface area contributed by atoms with Gasteiger partial charge in [0.25, 0.3) is 0 Å². The molecule has 102 valence electrons. The first-order valence-electron chi connectivity index (χ1n) is 5.83. The lowest BCUT2D eigenvalue weighted by Crippen LogP contribution is -2.07. The molecule has 0 saturated carbocycles. The summed E-state index contributed by atoms with van der Waals surface area (Å²) in [5.41, 5.74) is 5.18. The smallest absolute Gasteiger partial charge is 0.417 e. The van der Waals surface area contributed by atoms with Crippen molar-refractivity contribution in [2.24, 2.45) is 5.73 Å². The number of aromatic nitrogens is 1. The van der Waals surface area contributed by atoms with Gasteiger partial charge in [-0.15, -0.1) is 0 Å². The molecule has 0 atom stereocenters. The lowest BCUT2D eigenvalue weighted by Gasteiger charge is -2.09. The summed E-state index contributed by atoms with van der Waals surface area (Å²) in [7, 11) is 0. The molecule has 0 radical (unpaired) electrons. The lowest BCUT2D eigenvalue weighted by atomic mass is 10.1. The molecule has 0 spiro atoms. The molecule has 6 heteroatoms. The van der Waals surface area contributed by atoms with Crippen LogP contribution in [0.3, 0.4) is 0 Å². The zero-order chi connectivity index (χ0) is 13.9. The monoisotopic (exact) mass is 270 g/mol. The van der Waals surface area contributed by atoms with Crippen molar-refractivity contribution < 1.29 is 17.6 Å². The van der Waals surface area contributed by atoms with Crippen molar-refractivity contribution >= 4 is 0 Å². The fraction of sp³-hybridized carbons (Fsp3) is 0.308. The molecule has 0 bridgehead atoms. The predicted molar refractivity (Wildman–Crippen MR) is 64.3 cm³/mol. The maximum Gasteiger partial charge on any atom is 0.417 e. The summed E-state index contributed by atoms with van der Waals surface area (Å²) >= 11 is 0. The quantitative estimate of drug-likeness (QED) is 0.927. The zero-order valence-corrected chi connectivity index (χ0v) is 10.1. The SMILES string of the molecule is NCCCc1coc(-c2ccccc2C(F)(F)F)n1. The number of nitrogens with zero attached hydrogens (tertiary/aromatic N) is 1. The second-order valence-electron chi connectivity index (χ2n) is 4.08. The number of rotatable bonds is 4. The van der Waals surface area contributed by atoms with E-state index < -0.39 is 11.7 Å². The van der Waals surface area contributed by atoms with E-state index in [1.165, 1.54) is 24.5 Å². The van der Waals surface area contributed by atoms with Gasteiger partial charge >= 0.3 is 6.18 Å². The Labute approximate surface area is 108 Å². The van der Waals surface area contributed by atoms with E-state index in [0.717, 1.165) is 6.07 Å². The first-order chi connectivity index (χ1) is 9.02. The van der Waals surface area contributed by atoms with Crippen molar-refractivity contribution in [3.05, 3.63) is 41.8 Å². The summed E-state index contributed by atoms with van der Waals surface area (Å²) in [6.45, 7) is 0.501. The van der Waals surface area contributed by atoms with Gasteiger partial charge in [0.15, 0.2) is 0 Å². The average Bonchev–Trinajstić information content (AvgIpc) is 2.84. The van der Waals surface area contributed by atoms with Gasteiger partial charge in [0.05, 0.1) is 11.3 Å². The van der Waals surface area contributed by atoms with Crippen molar-refractivity contribution in [2.45, 2.75) is 19.0 Å². The number of halogens is 3. The van der Waals surface area contributed by atoms with Crippen LogP contribution in [0.1, 0.15) is 17.7 Å². The van der Waals surface area contributed by atoms with Gasteiger partial charge < -0.3 is 10.2 Å². The number of aryl methyl sites for hydroxylation is 1. The lowest BCUT2D eigenvalue weighted by molar-refractivity contribution is -0.137. The Kier molecular flexibility index (Phi) is 3.90. The molecule has 0 unspecified atom stereocenters. The largest absolute Gasteiger partial charge is 0.444 e. The van der Waals surface area contributed by atoms with Gasteiger partial charge in [-0.1, -0.05) is 12.1 Å². The minimum absolute atomic E-state index is 0.0139. The van der Waals surface area contributed by atoms with Crippen LogP contribution in [0.4, 0.5) is 13.2 Å². The van der Waals surface area contributed by atoms with E-state index in [4.69, 9.17) is 10.2 Å². The molecule has 2 aromatic rings. The molecule has 1 aromatic carbocycles. The second kappa shape index (κ2) is 5.44. The first-order valence-corrected chi connectivity index (χ1v) is 5.83. The third kappa shape index (κ3) is 3.14. The van der Waals surface area contributed by atoms with Crippen molar-refractivity contribution in [2.75, 3.05) is 6.54 Å². The maximum atomic E-state index is 12.9. The second-order valence-corrected chi connectivity index (χ2v) is 4.08. The van der Waals surface area contributed by atoms with Crippen LogP contribution in [-0.4, -0.2) is 11.5 Å². The van der Waals surface area contributed by atoms with Crippen molar-refractivity contribution in [3.63, 3.8) is 0 Å². The van der Waals surface area contributed by atoms with Gasteiger partial charge in [-0.2, -0.15) is 13.2 Å². The van der Waals surface area contributed by atoms with E-state index in [1.807, 2.05) is 0 Å². The molecule has 19 heavy (non-hydrogen) atoms. The number of alkyl halides is 3. The number of benzene rings is 1. The Morgan fingerprint density at radius 2 is 1.95 bits per heavy atom. The number of hydrogen-bond donors (Lipinski definition) is 1. The highest BCUT2D eigenvalue weighted by atomic mass is 19.4. The summed E-state index contributed by atoms with van der Waals surface area (Å²) in [5, 5.41) is 0. The van der Waals surface area contributed by atoms with Crippen molar-refractivity contribution in [1.82, 2.24) is 4.98 Å². The Balaban J connectivity index is 2.34. The van der Waals surface area contributed by atoms with E-state index in [0.29, 0.717) is 25.1 Å². The predicted octanol–water partition coefficient (Wildman–Crippen LogP) is 3.25. The van der Waals surface area contributed by atoms with Gasteiger partial charge in [-0.05, 0) is 31.5 Å². The summed E-state index contributed by atoms with van der Waals surface area (Å²) < 4.78 is 43.7. The summed E-state index contributed by atoms with van der Waals surface area (Å²) in [4.78, 5) is 4.07. The van der Waals surface area contributed by atoms with E-state index in [2.05, 4.69) is 4.98 Å². The molecule has 0 saturated heterocycles. The summed E-state index contributed by atoms with van der Waals surface area (Å²) in [5.74, 6) is -0.0139. The third-order valence-electron chi connectivity index (χ3n) is 2.65. The third-order valence-corrected chi connectivity index (χ3v) is 2.65. The van der Waals surface area contributed by atoms with Gasteiger partial charge in [-0.3, -0.25) is 0 Å². The minimum Gasteiger partial charge on any atom is -0.444 e. The number of hydrogen-bond acceptors (Lipinski definition) is 3. The zero-order valence-electron chi connectivity index (χ0n) is 10.1. The van der Waals surface area contributed by atoms with Crippen LogP contribution in [0.2, 0.25) is 0 Å². The van der Waals surface area contributed by atoms with Crippen LogP contribution in [-0.2, 0) is 12.6 Å². The van der Waals surface area contributed by atoms with Gasteiger partial charge in [0.2, 0.25) is 5.89 Å². The Hall–Kier alpha value is -1.82. The van der Waals surface area contributed by atoms with Crippen LogP contribution < -0.4 is 5.73 Å². The van der Waals surface area contributed by atoms with Crippen LogP contribution in [0.15, 0.2) is 34.9 Å². The van der Waals surface area contributed by atoms with Crippen LogP contribution in [0.5, 0.6) is 0 Å². The van der Waals surface area contributed by atoms with E-state index >= 15 is 0 Å². The van der Waals surface area contributed by atoms with E-state index in [1.54, 1.807) is 0 Å². The fourth-order valence-electron chi connectivity index (χ4n) is 1.75. The molecule has 0 aliphatic rings. The van der Waals surface area contributed by atoms with Gasteiger partial charge in [0, 0.05) is 5.56 Å². The molecule has 2 rings (SSSR count). The van der Waals surface area contributed by atoms with Crippen LogP contribution in [0, 0.1) is 0 Å². The van der Waals surface area contributed by atoms with Gasteiger partial charge in [-0.25, -0.2) is 4.98 Å². The molecular formula is C13H13F3N2O. The molecule has 1 heterocycles. The Bertz CT molecular complexity index is 549. The van der Waals surface area contributed by atoms with Crippen molar-refractivity contribution in [3.8, 4) is 11.5 Å². The van der Waals surface area contributed by atoms with Crippen molar-refractivity contribution in [1.29, 1.82) is 0 Å². The maximum absolute atomic E-state index is 12.9. The highest BCUT2D eigenvalue weighted by Gasteiger charge is 2.34. The topological polar surface area (TPSA) is 52.0 Å². The highest BCUT2D eigenvalue weighted by Crippen LogP contribution is 2.36. The molecule has 3 nitrogen and oxygen atoms in total. The van der Waals surface area contributed by atoms with Crippen LogP contribution in [0.25, 0.3) is 11.5 Å². The molecule has 2 N–H and O–H groups in total. The van der Waals surface area contributed by atoms with E-state index in [-0.39, 0.29) is 11.5 Å².